The molecule has 2 unspecified atom stereocenters. The third kappa shape index (κ3) is 5.58. The van der Waals surface area contributed by atoms with Crippen molar-refractivity contribution in [2.45, 2.75) is 35.6 Å². The van der Waals surface area contributed by atoms with Crippen LogP contribution < -0.4 is 9.64 Å². The van der Waals surface area contributed by atoms with Gasteiger partial charge in [-0.15, -0.1) is 10.2 Å². The van der Waals surface area contributed by atoms with Gasteiger partial charge in [-0.1, -0.05) is 64.5 Å². The molecule has 218 valence electrons. The summed E-state index contributed by atoms with van der Waals surface area (Å²) in [5.74, 6) is -1.17. The van der Waals surface area contributed by atoms with Crippen LogP contribution in [0.5, 0.6) is 5.75 Å². The molecule has 1 saturated heterocycles. The van der Waals surface area contributed by atoms with Crippen molar-refractivity contribution in [2.75, 3.05) is 4.90 Å². The van der Waals surface area contributed by atoms with Crippen LogP contribution in [0, 0.1) is 10.1 Å². The summed E-state index contributed by atoms with van der Waals surface area (Å²) in [5, 5.41) is 32.6. The van der Waals surface area contributed by atoms with Crippen LogP contribution in [0.1, 0.15) is 35.2 Å². The zero-order valence-electron chi connectivity index (χ0n) is 22.2. The summed E-state index contributed by atoms with van der Waals surface area (Å²) in [4.78, 5) is 39.2. The Balaban J connectivity index is 1.40. The Hall–Kier alpha value is -3.97. The van der Waals surface area contributed by atoms with Crippen LogP contribution in [0.4, 0.5) is 10.8 Å². The molecule has 0 spiro atoms. The topological polar surface area (TPSA) is 136 Å². The van der Waals surface area contributed by atoms with E-state index in [2.05, 4.69) is 10.2 Å². The van der Waals surface area contributed by atoms with E-state index in [-0.39, 0.29) is 28.1 Å². The number of amides is 1. The fraction of sp³-hybridized carbons (Fsp3) is 0.172. The summed E-state index contributed by atoms with van der Waals surface area (Å²) in [6, 6.07) is 14.6. The molecule has 0 bridgehead atoms. The number of carbonyl (C=O) groups is 2. The molecule has 1 aromatic heterocycles. The second-order valence-corrected chi connectivity index (χ2v) is 12.9. The van der Waals surface area contributed by atoms with Crippen molar-refractivity contribution in [2.24, 2.45) is 0 Å². The van der Waals surface area contributed by atoms with Gasteiger partial charge in [0.2, 0.25) is 5.13 Å². The summed E-state index contributed by atoms with van der Waals surface area (Å²) in [6.07, 6.45) is 0.578. The number of nitro benzene ring substituents is 1. The molecule has 1 N–H and O–H groups in total. The van der Waals surface area contributed by atoms with E-state index in [0.717, 1.165) is 27.4 Å². The SMILES string of the molecule is CC1Cc2cc(/C(O)=C3\C(=O)C(=O)N(c4nnc(SCc5ccc(Cl)cc5Cl)s4)C3c3cccc([N+](=O)[O-])c3)ccc2O1. The lowest BCUT2D eigenvalue weighted by molar-refractivity contribution is -0.384. The number of hydrogen-bond donors (Lipinski definition) is 1. The summed E-state index contributed by atoms with van der Waals surface area (Å²) in [5.41, 5.74) is 1.79. The number of non-ortho nitro benzene ring substituents is 1. The standard InChI is InChI=1S/C29H20Cl2N4O6S2/c1-14-9-18-10-16(6-8-22(18)41-14)25(36)23-24(15-3-2-4-20(11-15)35(39)40)34(27(38)26(23)37)28-32-33-29(43-28)42-13-17-5-7-19(30)12-21(17)31/h2-8,10-12,14,24,36H,9,13H2,1H3/b25-23+. The number of ketones is 1. The number of ether oxygens (including phenoxy) is 1. The van der Waals surface area contributed by atoms with E-state index in [1.165, 1.54) is 30.0 Å². The third-order valence-corrected chi connectivity index (χ3v) is 9.67. The molecule has 14 heteroatoms. The van der Waals surface area contributed by atoms with Gasteiger partial charge in [-0.3, -0.25) is 24.6 Å². The first kappa shape index (κ1) is 29.1. The highest BCUT2D eigenvalue weighted by Gasteiger charge is 2.48. The van der Waals surface area contributed by atoms with E-state index in [1.807, 2.05) is 6.92 Å². The molecule has 2 aliphatic rings. The minimum Gasteiger partial charge on any atom is -0.507 e. The number of carbonyl (C=O) groups excluding carboxylic acids is 2. The highest BCUT2D eigenvalue weighted by Crippen LogP contribution is 2.45. The van der Waals surface area contributed by atoms with Crippen molar-refractivity contribution >= 4 is 74.6 Å². The first-order chi connectivity index (χ1) is 20.6. The molecule has 6 rings (SSSR count). The first-order valence-electron chi connectivity index (χ1n) is 12.9. The Morgan fingerprint density at radius 2 is 1.98 bits per heavy atom. The Kier molecular flexibility index (Phi) is 7.86. The molecule has 0 aliphatic carbocycles. The highest BCUT2D eigenvalue weighted by atomic mass is 35.5. The van der Waals surface area contributed by atoms with Crippen LogP contribution in [0.2, 0.25) is 10.0 Å². The number of aliphatic hydroxyl groups excluding tert-OH is 1. The van der Waals surface area contributed by atoms with Gasteiger partial charge in [-0.25, -0.2) is 0 Å². The van der Waals surface area contributed by atoms with E-state index in [1.54, 1.807) is 42.5 Å². The molecule has 2 atom stereocenters. The van der Waals surface area contributed by atoms with Crippen molar-refractivity contribution in [1.29, 1.82) is 0 Å². The van der Waals surface area contributed by atoms with E-state index >= 15 is 0 Å². The van der Waals surface area contributed by atoms with Crippen molar-refractivity contribution < 1.29 is 24.4 Å². The smallest absolute Gasteiger partial charge is 0.301 e. The Morgan fingerprint density at radius 3 is 2.74 bits per heavy atom. The second-order valence-electron chi connectivity index (χ2n) is 9.85. The number of hydrogen-bond acceptors (Lipinski definition) is 10. The molecule has 3 aromatic carbocycles. The van der Waals surface area contributed by atoms with Gasteiger partial charge in [-0.05, 0) is 53.9 Å². The van der Waals surface area contributed by atoms with Crippen LogP contribution in [0.3, 0.4) is 0 Å². The van der Waals surface area contributed by atoms with Gasteiger partial charge >= 0.3 is 5.91 Å². The van der Waals surface area contributed by atoms with Crippen molar-refractivity contribution in [3.8, 4) is 5.75 Å². The zero-order valence-corrected chi connectivity index (χ0v) is 25.3. The Labute approximate surface area is 263 Å². The Morgan fingerprint density at radius 1 is 1.16 bits per heavy atom. The van der Waals surface area contributed by atoms with Crippen LogP contribution in [0.15, 0.2) is 70.6 Å². The van der Waals surface area contributed by atoms with Crippen LogP contribution in [-0.2, 0) is 21.8 Å². The molecule has 0 radical (unpaired) electrons. The number of aliphatic hydroxyl groups is 1. The highest BCUT2D eigenvalue weighted by molar-refractivity contribution is 8.00. The van der Waals surface area contributed by atoms with Crippen LogP contribution in [-0.4, -0.2) is 38.0 Å². The van der Waals surface area contributed by atoms with Crippen molar-refractivity contribution in [3.05, 3.63) is 109 Å². The lowest BCUT2D eigenvalue weighted by Gasteiger charge is -2.22. The fourth-order valence-corrected chi connectivity index (χ4v) is 7.44. The average molecular weight is 656 g/mol. The molecule has 10 nitrogen and oxygen atoms in total. The quantitative estimate of drug-likeness (QED) is 0.0425. The van der Waals surface area contributed by atoms with Crippen molar-refractivity contribution in [3.63, 3.8) is 0 Å². The predicted octanol–water partition coefficient (Wildman–Crippen LogP) is 7.00. The maximum absolute atomic E-state index is 13.5. The first-order valence-corrected chi connectivity index (χ1v) is 15.4. The molecular weight excluding hydrogens is 635 g/mol. The number of rotatable bonds is 7. The van der Waals surface area contributed by atoms with Gasteiger partial charge in [0.25, 0.3) is 11.5 Å². The molecule has 43 heavy (non-hydrogen) atoms. The predicted molar refractivity (Wildman–Crippen MR) is 164 cm³/mol. The minimum absolute atomic E-state index is 0.0389. The number of fused-ring (bicyclic) bond motifs is 1. The lowest BCUT2D eigenvalue weighted by Crippen LogP contribution is -2.29. The van der Waals surface area contributed by atoms with Crippen LogP contribution >= 0.6 is 46.3 Å². The van der Waals surface area contributed by atoms with Crippen LogP contribution in [0.25, 0.3) is 5.76 Å². The van der Waals surface area contributed by atoms with Gasteiger partial charge in [-0.2, -0.15) is 0 Å². The number of benzene rings is 3. The van der Waals surface area contributed by atoms with Gasteiger partial charge in [0, 0.05) is 39.9 Å². The number of Topliss-reactive ketones (excluding diaryl/α,β-unsaturated/α-hetero) is 1. The zero-order chi connectivity index (χ0) is 30.4. The fourth-order valence-electron chi connectivity index (χ4n) is 5.01. The van der Waals surface area contributed by atoms with E-state index < -0.39 is 28.4 Å². The monoisotopic (exact) mass is 654 g/mol. The summed E-state index contributed by atoms with van der Waals surface area (Å²) in [6.45, 7) is 1.92. The summed E-state index contributed by atoms with van der Waals surface area (Å²) >= 11 is 14.7. The minimum atomic E-state index is -1.19. The van der Waals surface area contributed by atoms with Gasteiger partial charge in [0.15, 0.2) is 4.34 Å². The lowest BCUT2D eigenvalue weighted by atomic mass is 9.94. The van der Waals surface area contributed by atoms with Gasteiger partial charge < -0.3 is 9.84 Å². The average Bonchev–Trinajstić information content (AvgIpc) is 3.67. The maximum Gasteiger partial charge on any atom is 0.301 e. The molecule has 1 amide bonds. The normalized spacial score (nSPS) is 19.0. The van der Waals surface area contributed by atoms with Gasteiger partial charge in [0.05, 0.1) is 16.5 Å². The van der Waals surface area contributed by atoms with Crippen molar-refractivity contribution in [1.82, 2.24) is 10.2 Å². The summed E-state index contributed by atoms with van der Waals surface area (Å²) < 4.78 is 6.24. The van der Waals surface area contributed by atoms with E-state index in [9.17, 15) is 24.8 Å². The maximum atomic E-state index is 13.5. The summed E-state index contributed by atoms with van der Waals surface area (Å²) in [7, 11) is 0. The number of nitro groups is 1. The molecule has 2 aliphatic heterocycles. The number of halogens is 2. The third-order valence-electron chi connectivity index (χ3n) is 6.98. The largest absolute Gasteiger partial charge is 0.507 e. The molecular formula is C29H20Cl2N4O6S2. The number of anilines is 1. The van der Waals surface area contributed by atoms with E-state index in [0.29, 0.717) is 37.9 Å². The number of nitrogens with zero attached hydrogens (tertiary/aromatic N) is 4. The molecule has 3 heterocycles. The second kappa shape index (κ2) is 11.6. The Bertz CT molecular complexity index is 1850. The number of aromatic nitrogens is 2. The molecule has 4 aromatic rings. The van der Waals surface area contributed by atoms with Gasteiger partial charge in [0.1, 0.15) is 17.6 Å². The molecule has 1 fully saturated rings. The number of thioether (sulfide) groups is 1. The van der Waals surface area contributed by atoms with E-state index in [4.69, 9.17) is 27.9 Å². The molecule has 0 saturated carbocycles.